The van der Waals surface area contributed by atoms with E-state index >= 15 is 0 Å². The first-order valence-corrected chi connectivity index (χ1v) is 6.59. The van der Waals surface area contributed by atoms with Crippen LogP contribution in [0, 0.1) is 6.92 Å². The quantitative estimate of drug-likeness (QED) is 0.850. The minimum Gasteiger partial charge on any atom is -0.394 e. The summed E-state index contributed by atoms with van der Waals surface area (Å²) >= 11 is 1.59. The summed E-state index contributed by atoms with van der Waals surface area (Å²) in [5, 5.41) is 12.9. The molecule has 2 rings (SSSR count). The van der Waals surface area contributed by atoms with Crippen molar-refractivity contribution in [2.45, 2.75) is 32.4 Å². The Morgan fingerprint density at radius 2 is 2.59 bits per heavy atom. The van der Waals surface area contributed by atoms with Crippen molar-refractivity contribution in [3.8, 4) is 0 Å². The van der Waals surface area contributed by atoms with E-state index in [-0.39, 0.29) is 18.7 Å². The van der Waals surface area contributed by atoms with Crippen LogP contribution in [0.15, 0.2) is 6.20 Å². The van der Waals surface area contributed by atoms with Gasteiger partial charge in [-0.25, -0.2) is 9.78 Å². The van der Waals surface area contributed by atoms with E-state index in [0.29, 0.717) is 6.54 Å². The lowest BCUT2D eigenvalue weighted by Crippen LogP contribution is -2.43. The highest BCUT2D eigenvalue weighted by atomic mass is 32.1. The monoisotopic (exact) mass is 255 g/mol. The van der Waals surface area contributed by atoms with Crippen molar-refractivity contribution in [1.82, 2.24) is 15.2 Å². The zero-order chi connectivity index (χ0) is 12.3. The molecule has 0 aromatic carbocycles. The number of nitrogens with one attached hydrogen (secondary N) is 1. The van der Waals surface area contributed by atoms with Crippen molar-refractivity contribution < 1.29 is 9.90 Å². The van der Waals surface area contributed by atoms with Gasteiger partial charge in [-0.1, -0.05) is 0 Å². The normalized spacial score (nSPS) is 19.6. The highest BCUT2D eigenvalue weighted by molar-refractivity contribution is 7.11. The molecular formula is C11H17N3O2S. The molecule has 0 spiro atoms. The van der Waals surface area contributed by atoms with E-state index in [4.69, 9.17) is 5.11 Å². The molecule has 6 heteroatoms. The van der Waals surface area contributed by atoms with E-state index in [9.17, 15) is 4.79 Å². The maximum atomic E-state index is 11.9. The molecule has 1 saturated heterocycles. The van der Waals surface area contributed by atoms with Crippen LogP contribution >= 0.6 is 11.3 Å². The molecule has 0 aliphatic carbocycles. The van der Waals surface area contributed by atoms with Crippen molar-refractivity contribution in [1.29, 1.82) is 0 Å². The molecule has 1 aliphatic heterocycles. The number of nitrogens with zero attached hydrogens (tertiary/aromatic N) is 2. The van der Waals surface area contributed by atoms with Crippen LogP contribution in [0.1, 0.15) is 22.7 Å². The Kier molecular flexibility index (Phi) is 3.96. The molecule has 2 heterocycles. The molecule has 0 radical (unpaired) electrons. The van der Waals surface area contributed by atoms with Gasteiger partial charge in [0.05, 0.1) is 19.2 Å². The van der Waals surface area contributed by atoms with E-state index in [1.165, 1.54) is 0 Å². The summed E-state index contributed by atoms with van der Waals surface area (Å²) < 4.78 is 0. The molecule has 1 fully saturated rings. The van der Waals surface area contributed by atoms with Crippen molar-refractivity contribution >= 4 is 17.4 Å². The van der Waals surface area contributed by atoms with Gasteiger partial charge in [0.1, 0.15) is 5.01 Å². The molecule has 1 aromatic heterocycles. The number of rotatable bonds is 3. The topological polar surface area (TPSA) is 65.5 Å². The average Bonchev–Trinajstić information content (AvgIpc) is 2.94. The first kappa shape index (κ1) is 12.3. The second-order valence-corrected chi connectivity index (χ2v) is 5.51. The molecule has 1 aliphatic rings. The minimum absolute atomic E-state index is 0.0203. The average molecular weight is 255 g/mol. The third-order valence-corrected chi connectivity index (χ3v) is 3.82. The number of thiazole rings is 1. The van der Waals surface area contributed by atoms with Gasteiger partial charge in [-0.2, -0.15) is 0 Å². The van der Waals surface area contributed by atoms with Gasteiger partial charge in [0, 0.05) is 17.6 Å². The van der Waals surface area contributed by atoms with Crippen LogP contribution in [0.25, 0.3) is 0 Å². The molecule has 2 N–H and O–H groups in total. The first-order valence-electron chi connectivity index (χ1n) is 5.77. The third-order valence-electron chi connectivity index (χ3n) is 2.91. The van der Waals surface area contributed by atoms with Gasteiger partial charge >= 0.3 is 6.03 Å². The maximum absolute atomic E-state index is 11.9. The predicted octanol–water partition coefficient (Wildman–Crippen LogP) is 1.12. The molecular weight excluding hydrogens is 238 g/mol. The number of hydrogen-bond donors (Lipinski definition) is 2. The van der Waals surface area contributed by atoms with E-state index in [1.54, 1.807) is 22.4 Å². The summed E-state index contributed by atoms with van der Waals surface area (Å²) in [5.41, 5.74) is 0. The SMILES string of the molecule is Cc1cnc(CNC(=O)N2CCC[C@H]2CO)s1. The third kappa shape index (κ3) is 2.95. The van der Waals surface area contributed by atoms with Gasteiger partial charge in [-0.05, 0) is 19.8 Å². The molecule has 1 atom stereocenters. The number of aliphatic hydroxyl groups is 1. The molecule has 94 valence electrons. The zero-order valence-electron chi connectivity index (χ0n) is 9.85. The maximum Gasteiger partial charge on any atom is 0.318 e. The number of amides is 2. The van der Waals surface area contributed by atoms with Gasteiger partial charge in [-0.3, -0.25) is 0 Å². The molecule has 0 bridgehead atoms. The Morgan fingerprint density at radius 1 is 1.76 bits per heavy atom. The van der Waals surface area contributed by atoms with Gasteiger partial charge in [0.25, 0.3) is 0 Å². The predicted molar refractivity (Wildman–Crippen MR) is 65.9 cm³/mol. The second kappa shape index (κ2) is 5.46. The Bertz CT molecular complexity index is 394. The Balaban J connectivity index is 1.84. The van der Waals surface area contributed by atoms with Crippen LogP contribution in [0.5, 0.6) is 0 Å². The van der Waals surface area contributed by atoms with E-state index in [2.05, 4.69) is 10.3 Å². The Hall–Kier alpha value is -1.14. The van der Waals surface area contributed by atoms with Crippen LogP contribution in [-0.4, -0.2) is 40.2 Å². The summed E-state index contributed by atoms with van der Waals surface area (Å²) in [6, 6.07) is -0.123. The number of likely N-dealkylation sites (tertiary alicyclic amines) is 1. The minimum atomic E-state index is -0.102. The van der Waals surface area contributed by atoms with Gasteiger partial charge in [0.2, 0.25) is 0 Å². The first-order chi connectivity index (χ1) is 8.20. The molecule has 17 heavy (non-hydrogen) atoms. The summed E-state index contributed by atoms with van der Waals surface area (Å²) in [6.07, 6.45) is 3.66. The summed E-state index contributed by atoms with van der Waals surface area (Å²) in [4.78, 5) is 18.9. The van der Waals surface area contributed by atoms with Gasteiger partial charge < -0.3 is 15.3 Å². The van der Waals surface area contributed by atoms with Crippen LogP contribution in [0.4, 0.5) is 4.79 Å². The van der Waals surface area contributed by atoms with Crippen molar-refractivity contribution in [2.75, 3.05) is 13.2 Å². The van der Waals surface area contributed by atoms with Crippen LogP contribution in [0.2, 0.25) is 0 Å². The van der Waals surface area contributed by atoms with E-state index in [0.717, 1.165) is 29.3 Å². The fourth-order valence-corrected chi connectivity index (χ4v) is 2.76. The molecule has 5 nitrogen and oxygen atoms in total. The number of carbonyl (C=O) groups is 1. The molecule has 1 aromatic rings. The summed E-state index contributed by atoms with van der Waals surface area (Å²) in [6.45, 7) is 3.23. The number of aromatic nitrogens is 1. The highest BCUT2D eigenvalue weighted by Crippen LogP contribution is 2.17. The fraction of sp³-hybridized carbons (Fsp3) is 0.636. The Morgan fingerprint density at radius 3 is 3.24 bits per heavy atom. The number of carbonyl (C=O) groups excluding carboxylic acids is 1. The lowest BCUT2D eigenvalue weighted by atomic mass is 10.2. The summed E-state index contributed by atoms with van der Waals surface area (Å²) in [7, 11) is 0. The molecule has 2 amide bonds. The largest absolute Gasteiger partial charge is 0.394 e. The zero-order valence-corrected chi connectivity index (χ0v) is 10.7. The number of aliphatic hydroxyl groups excluding tert-OH is 1. The number of hydrogen-bond acceptors (Lipinski definition) is 4. The van der Waals surface area contributed by atoms with Crippen LogP contribution in [0.3, 0.4) is 0 Å². The van der Waals surface area contributed by atoms with Crippen LogP contribution in [-0.2, 0) is 6.54 Å². The van der Waals surface area contributed by atoms with Crippen molar-refractivity contribution in [3.63, 3.8) is 0 Å². The number of urea groups is 1. The van der Waals surface area contributed by atoms with Crippen molar-refractivity contribution in [3.05, 3.63) is 16.1 Å². The highest BCUT2D eigenvalue weighted by Gasteiger charge is 2.27. The van der Waals surface area contributed by atoms with Gasteiger partial charge in [-0.15, -0.1) is 11.3 Å². The molecule has 0 saturated carbocycles. The number of aryl methyl sites for hydroxylation is 1. The standard InChI is InChI=1S/C11H17N3O2S/c1-8-5-12-10(17-8)6-13-11(16)14-4-2-3-9(14)7-15/h5,9,15H,2-4,6-7H2,1H3,(H,13,16)/t9-/m0/s1. The lowest BCUT2D eigenvalue weighted by molar-refractivity contribution is 0.157. The smallest absolute Gasteiger partial charge is 0.318 e. The lowest BCUT2D eigenvalue weighted by Gasteiger charge is -2.22. The fourth-order valence-electron chi connectivity index (χ4n) is 2.03. The summed E-state index contributed by atoms with van der Waals surface area (Å²) in [5.74, 6) is 0. The van der Waals surface area contributed by atoms with Gasteiger partial charge in [0.15, 0.2) is 0 Å². The van der Waals surface area contributed by atoms with E-state index < -0.39 is 0 Å². The molecule has 0 unspecified atom stereocenters. The second-order valence-electron chi connectivity index (χ2n) is 4.20. The van der Waals surface area contributed by atoms with Crippen LogP contribution < -0.4 is 5.32 Å². The Labute approximate surface area is 104 Å². The van der Waals surface area contributed by atoms with E-state index in [1.807, 2.05) is 6.92 Å². The van der Waals surface area contributed by atoms with Crippen molar-refractivity contribution in [2.24, 2.45) is 0 Å².